The van der Waals surface area contributed by atoms with Crippen molar-refractivity contribution in [1.82, 2.24) is 4.90 Å². The third-order valence-corrected chi connectivity index (χ3v) is 8.14. The van der Waals surface area contributed by atoms with Crippen LogP contribution in [0.15, 0.2) is 11.6 Å². The van der Waals surface area contributed by atoms with Gasteiger partial charge in [0.05, 0.1) is 5.57 Å². The van der Waals surface area contributed by atoms with E-state index in [1.54, 1.807) is 0 Å². The summed E-state index contributed by atoms with van der Waals surface area (Å²) in [7, 11) is 1.89. The first-order chi connectivity index (χ1) is 10.9. The Hall–Kier alpha value is -1.12. The highest BCUT2D eigenvalue weighted by Crippen LogP contribution is 2.64. The molecule has 3 heteroatoms. The Morgan fingerprint density at radius 3 is 2.65 bits per heavy atom. The SMILES string of the molecule is CN1C(=O)C(C=O)=C[C@@]2(C)C1CC[C@@H]1[C@H]2CC[C@]2(C)CCC[C@@H]12. The number of amides is 1. The Morgan fingerprint density at radius 1 is 1.13 bits per heavy atom. The van der Waals surface area contributed by atoms with Crippen molar-refractivity contribution in [3.63, 3.8) is 0 Å². The lowest BCUT2D eigenvalue weighted by molar-refractivity contribution is -0.140. The fourth-order valence-electron chi connectivity index (χ4n) is 7.00. The maximum absolute atomic E-state index is 12.4. The number of rotatable bonds is 1. The molecule has 4 aliphatic rings. The van der Waals surface area contributed by atoms with Crippen LogP contribution in [0.5, 0.6) is 0 Å². The van der Waals surface area contributed by atoms with Crippen LogP contribution in [0.25, 0.3) is 0 Å². The van der Waals surface area contributed by atoms with Crippen LogP contribution >= 0.6 is 0 Å². The van der Waals surface area contributed by atoms with Gasteiger partial charge in [-0.15, -0.1) is 0 Å². The highest BCUT2D eigenvalue weighted by molar-refractivity contribution is 6.11. The van der Waals surface area contributed by atoms with Gasteiger partial charge in [-0.3, -0.25) is 9.59 Å². The Labute approximate surface area is 139 Å². The molecule has 1 heterocycles. The molecule has 0 spiro atoms. The molecule has 3 aliphatic carbocycles. The van der Waals surface area contributed by atoms with Gasteiger partial charge in [-0.2, -0.15) is 0 Å². The summed E-state index contributed by atoms with van der Waals surface area (Å²) in [5.74, 6) is 2.18. The zero-order chi connectivity index (χ0) is 16.4. The topological polar surface area (TPSA) is 37.4 Å². The van der Waals surface area contributed by atoms with E-state index >= 15 is 0 Å². The van der Waals surface area contributed by atoms with Gasteiger partial charge in [0, 0.05) is 18.5 Å². The molecule has 3 nitrogen and oxygen atoms in total. The summed E-state index contributed by atoms with van der Waals surface area (Å²) in [6, 6.07) is 0.269. The van der Waals surface area contributed by atoms with E-state index in [2.05, 4.69) is 19.9 Å². The number of hydrogen-bond donors (Lipinski definition) is 0. The van der Waals surface area contributed by atoms with Crippen molar-refractivity contribution < 1.29 is 9.59 Å². The molecule has 6 atom stereocenters. The lowest BCUT2D eigenvalue weighted by atomic mass is 9.48. The highest BCUT2D eigenvalue weighted by atomic mass is 16.2. The summed E-state index contributed by atoms with van der Waals surface area (Å²) < 4.78 is 0. The van der Waals surface area contributed by atoms with Gasteiger partial charge in [0.25, 0.3) is 5.91 Å². The third-order valence-electron chi connectivity index (χ3n) is 8.14. The van der Waals surface area contributed by atoms with Crippen molar-refractivity contribution >= 4 is 12.2 Å². The average molecular weight is 315 g/mol. The van der Waals surface area contributed by atoms with Crippen molar-refractivity contribution in [3.8, 4) is 0 Å². The van der Waals surface area contributed by atoms with E-state index < -0.39 is 0 Å². The van der Waals surface area contributed by atoms with Crippen LogP contribution in [0.4, 0.5) is 0 Å². The predicted octanol–water partition coefficient (Wildman–Crippen LogP) is 3.59. The van der Waals surface area contributed by atoms with Gasteiger partial charge in [-0.25, -0.2) is 0 Å². The molecule has 23 heavy (non-hydrogen) atoms. The lowest BCUT2D eigenvalue weighted by Crippen LogP contribution is -2.60. The molecule has 0 aromatic heterocycles. The molecule has 126 valence electrons. The summed E-state index contributed by atoms with van der Waals surface area (Å²) >= 11 is 0. The average Bonchev–Trinajstić information content (AvgIpc) is 2.92. The summed E-state index contributed by atoms with van der Waals surface area (Å²) in [6.45, 7) is 4.83. The van der Waals surface area contributed by atoms with Crippen molar-refractivity contribution in [3.05, 3.63) is 11.6 Å². The first-order valence-corrected chi connectivity index (χ1v) is 9.36. The maximum atomic E-state index is 12.4. The summed E-state index contributed by atoms with van der Waals surface area (Å²) in [4.78, 5) is 25.6. The molecule has 0 radical (unpaired) electrons. The number of hydrogen-bond acceptors (Lipinski definition) is 2. The van der Waals surface area contributed by atoms with Gasteiger partial charge in [0.2, 0.25) is 0 Å². The van der Waals surface area contributed by atoms with Gasteiger partial charge in [0.15, 0.2) is 6.29 Å². The minimum atomic E-state index is -0.0811. The van der Waals surface area contributed by atoms with E-state index in [-0.39, 0.29) is 17.4 Å². The van der Waals surface area contributed by atoms with Crippen molar-refractivity contribution in [2.75, 3.05) is 7.05 Å². The molecule has 1 aliphatic heterocycles. The molecule has 1 amide bonds. The zero-order valence-electron chi connectivity index (χ0n) is 14.7. The number of fused-ring (bicyclic) bond motifs is 5. The number of likely N-dealkylation sites (N-methyl/N-ethyl adjacent to an activating group) is 1. The number of carbonyl (C=O) groups excluding carboxylic acids is 2. The van der Waals surface area contributed by atoms with Crippen LogP contribution < -0.4 is 0 Å². The van der Waals surface area contributed by atoms with E-state index in [0.717, 1.165) is 24.5 Å². The first kappa shape index (κ1) is 15.4. The van der Waals surface area contributed by atoms with Crippen molar-refractivity contribution in [2.24, 2.45) is 28.6 Å². The summed E-state index contributed by atoms with van der Waals surface area (Å²) in [6.07, 6.45) is 11.9. The first-order valence-electron chi connectivity index (χ1n) is 9.36. The van der Waals surface area contributed by atoms with Crippen LogP contribution in [-0.2, 0) is 9.59 Å². The van der Waals surface area contributed by atoms with Crippen LogP contribution in [0, 0.1) is 28.6 Å². The fourth-order valence-corrected chi connectivity index (χ4v) is 7.00. The Kier molecular flexibility index (Phi) is 3.31. The standard InChI is InChI=1S/C20H29NO2/c1-19-9-4-5-15(19)14-6-7-17-20(2,16(14)8-10-19)11-13(12-22)18(23)21(17)3/h11-12,14-17H,4-10H2,1-3H3/t14-,15-,16+,17?,19-,20+/m0/s1. The predicted molar refractivity (Wildman–Crippen MR) is 89.7 cm³/mol. The quantitative estimate of drug-likeness (QED) is 0.548. The number of nitrogens with zero attached hydrogens (tertiary/aromatic N) is 1. The zero-order valence-corrected chi connectivity index (χ0v) is 14.7. The fraction of sp³-hybridized carbons (Fsp3) is 0.800. The number of aldehydes is 1. The van der Waals surface area contributed by atoms with Gasteiger partial charge in [-0.05, 0) is 61.7 Å². The van der Waals surface area contributed by atoms with Gasteiger partial charge >= 0.3 is 0 Å². The molecule has 3 saturated carbocycles. The second kappa shape index (κ2) is 4.94. The maximum Gasteiger partial charge on any atom is 0.256 e. The number of carbonyl (C=O) groups is 2. The van der Waals surface area contributed by atoms with Crippen molar-refractivity contribution in [1.29, 1.82) is 0 Å². The Bertz CT molecular complexity index is 582. The smallest absolute Gasteiger partial charge is 0.256 e. The van der Waals surface area contributed by atoms with Gasteiger partial charge < -0.3 is 4.90 Å². The second-order valence-electron chi connectivity index (χ2n) is 9.05. The molecule has 0 saturated heterocycles. The minimum absolute atomic E-state index is 0.0221. The molecule has 4 rings (SSSR count). The lowest BCUT2D eigenvalue weighted by Gasteiger charge is -2.60. The van der Waals surface area contributed by atoms with Gasteiger partial charge in [-0.1, -0.05) is 26.3 Å². The minimum Gasteiger partial charge on any atom is -0.338 e. The van der Waals surface area contributed by atoms with Crippen LogP contribution in [-0.4, -0.2) is 30.2 Å². The molecule has 0 N–H and O–H groups in total. The van der Waals surface area contributed by atoms with E-state index in [0.29, 0.717) is 16.9 Å². The largest absolute Gasteiger partial charge is 0.338 e. The normalized spacial score (nSPS) is 49.1. The molecule has 1 unspecified atom stereocenters. The molecular formula is C20H29NO2. The molecular weight excluding hydrogens is 286 g/mol. The second-order valence-corrected chi connectivity index (χ2v) is 9.05. The highest BCUT2D eigenvalue weighted by Gasteiger charge is 2.58. The summed E-state index contributed by atoms with van der Waals surface area (Å²) in [5.41, 5.74) is 0.913. The molecule has 0 aromatic rings. The summed E-state index contributed by atoms with van der Waals surface area (Å²) in [5, 5.41) is 0. The van der Waals surface area contributed by atoms with Crippen LogP contribution in [0.1, 0.15) is 58.8 Å². The van der Waals surface area contributed by atoms with E-state index in [9.17, 15) is 9.59 Å². The Morgan fingerprint density at radius 2 is 1.91 bits per heavy atom. The van der Waals surface area contributed by atoms with E-state index in [1.807, 2.05) is 11.9 Å². The molecule has 3 fully saturated rings. The monoisotopic (exact) mass is 315 g/mol. The molecule has 0 aromatic carbocycles. The van der Waals surface area contributed by atoms with Gasteiger partial charge in [0.1, 0.15) is 0 Å². The Balaban J connectivity index is 1.75. The molecule has 0 bridgehead atoms. The van der Waals surface area contributed by atoms with E-state index in [1.165, 1.54) is 38.5 Å². The van der Waals surface area contributed by atoms with E-state index in [4.69, 9.17) is 0 Å². The van der Waals surface area contributed by atoms with Crippen LogP contribution in [0.2, 0.25) is 0 Å². The van der Waals surface area contributed by atoms with Crippen LogP contribution in [0.3, 0.4) is 0 Å². The third kappa shape index (κ3) is 1.94. The van der Waals surface area contributed by atoms with Crippen molar-refractivity contribution in [2.45, 2.75) is 64.8 Å².